The molecule has 2 N–H and O–H groups in total. The Labute approximate surface area is 96.6 Å². The Morgan fingerprint density at radius 1 is 1.47 bits per heavy atom. The van der Waals surface area contributed by atoms with Crippen LogP contribution in [0.5, 0.6) is 0 Å². The van der Waals surface area contributed by atoms with Crippen molar-refractivity contribution in [1.29, 1.82) is 0 Å². The van der Waals surface area contributed by atoms with Crippen LogP contribution in [0.4, 0.5) is 0 Å². The van der Waals surface area contributed by atoms with Gasteiger partial charge in [-0.2, -0.15) is 5.10 Å². The minimum atomic E-state index is 0.189. The number of rotatable bonds is 5. The molecular formula is C11H20ClN3. The molecule has 0 radical (unpaired) electrons. The zero-order valence-electron chi connectivity index (χ0n) is 9.76. The van der Waals surface area contributed by atoms with E-state index >= 15 is 0 Å². The highest BCUT2D eigenvalue weighted by atomic mass is 35.5. The molecule has 0 amide bonds. The number of nitrogens with zero attached hydrogens (tertiary/aromatic N) is 2. The van der Waals surface area contributed by atoms with E-state index < -0.39 is 0 Å². The summed E-state index contributed by atoms with van der Waals surface area (Å²) in [4.78, 5) is 0. The van der Waals surface area contributed by atoms with E-state index in [1.165, 1.54) is 0 Å². The molecule has 0 aliphatic rings. The SMILES string of the molecule is CCCC(N)Cc1c(Cl)c(C)nn1CC. The maximum Gasteiger partial charge on any atom is 0.0847 e. The van der Waals surface area contributed by atoms with Crippen LogP contribution in [0.25, 0.3) is 0 Å². The van der Waals surface area contributed by atoms with Gasteiger partial charge in [0, 0.05) is 19.0 Å². The van der Waals surface area contributed by atoms with Gasteiger partial charge in [0.25, 0.3) is 0 Å². The first kappa shape index (κ1) is 12.5. The van der Waals surface area contributed by atoms with Crippen LogP contribution < -0.4 is 5.73 Å². The Bertz CT molecular complexity index is 320. The van der Waals surface area contributed by atoms with Gasteiger partial charge in [-0.1, -0.05) is 24.9 Å². The molecule has 0 aromatic carbocycles. The maximum atomic E-state index is 6.20. The summed E-state index contributed by atoms with van der Waals surface area (Å²) in [5.41, 5.74) is 8.00. The van der Waals surface area contributed by atoms with Gasteiger partial charge in [-0.15, -0.1) is 0 Å². The predicted octanol–water partition coefficient (Wildman–Crippen LogP) is 2.53. The number of hydrogen-bond acceptors (Lipinski definition) is 2. The molecule has 1 aromatic heterocycles. The second-order valence-corrected chi connectivity index (χ2v) is 4.29. The molecule has 1 rings (SSSR count). The average molecular weight is 230 g/mol. The van der Waals surface area contributed by atoms with Crippen molar-refractivity contribution in [2.75, 3.05) is 0 Å². The van der Waals surface area contributed by atoms with Gasteiger partial charge >= 0.3 is 0 Å². The fraction of sp³-hybridized carbons (Fsp3) is 0.727. The van der Waals surface area contributed by atoms with Crippen LogP contribution in [-0.4, -0.2) is 15.8 Å². The highest BCUT2D eigenvalue weighted by Crippen LogP contribution is 2.21. The fourth-order valence-corrected chi connectivity index (χ4v) is 2.00. The Morgan fingerprint density at radius 2 is 2.13 bits per heavy atom. The average Bonchev–Trinajstić information content (AvgIpc) is 2.46. The first-order valence-electron chi connectivity index (χ1n) is 5.57. The lowest BCUT2D eigenvalue weighted by atomic mass is 10.1. The third-order valence-corrected chi connectivity index (χ3v) is 3.06. The van der Waals surface area contributed by atoms with Crippen LogP contribution in [-0.2, 0) is 13.0 Å². The Balaban J connectivity index is 2.82. The number of aromatic nitrogens is 2. The second kappa shape index (κ2) is 5.52. The van der Waals surface area contributed by atoms with E-state index in [0.29, 0.717) is 0 Å². The first-order valence-corrected chi connectivity index (χ1v) is 5.95. The molecule has 0 fully saturated rings. The largest absolute Gasteiger partial charge is 0.327 e. The van der Waals surface area contributed by atoms with Crippen molar-refractivity contribution in [2.24, 2.45) is 5.73 Å². The monoisotopic (exact) mass is 229 g/mol. The van der Waals surface area contributed by atoms with E-state index in [4.69, 9.17) is 17.3 Å². The summed E-state index contributed by atoms with van der Waals surface area (Å²) in [6.45, 7) is 6.99. The predicted molar refractivity (Wildman–Crippen MR) is 64.2 cm³/mol. The van der Waals surface area contributed by atoms with Crippen molar-refractivity contribution in [3.05, 3.63) is 16.4 Å². The van der Waals surface area contributed by atoms with E-state index in [1.807, 2.05) is 11.6 Å². The summed E-state index contributed by atoms with van der Waals surface area (Å²) in [6.07, 6.45) is 2.96. The van der Waals surface area contributed by atoms with E-state index in [2.05, 4.69) is 18.9 Å². The van der Waals surface area contributed by atoms with Gasteiger partial charge in [0.2, 0.25) is 0 Å². The maximum absolute atomic E-state index is 6.20. The minimum Gasteiger partial charge on any atom is -0.327 e. The van der Waals surface area contributed by atoms with E-state index in [1.54, 1.807) is 0 Å². The molecule has 1 aromatic rings. The lowest BCUT2D eigenvalue weighted by molar-refractivity contribution is 0.549. The van der Waals surface area contributed by atoms with Crippen molar-refractivity contribution in [3.8, 4) is 0 Å². The Kier molecular flexibility index (Phi) is 4.61. The third-order valence-electron chi connectivity index (χ3n) is 2.57. The van der Waals surface area contributed by atoms with E-state index in [9.17, 15) is 0 Å². The molecule has 0 spiro atoms. The molecular weight excluding hydrogens is 210 g/mol. The molecule has 0 bridgehead atoms. The molecule has 1 unspecified atom stereocenters. The zero-order chi connectivity index (χ0) is 11.4. The van der Waals surface area contributed by atoms with Crippen LogP contribution in [0.1, 0.15) is 38.1 Å². The molecule has 1 heterocycles. The minimum absolute atomic E-state index is 0.189. The highest BCUT2D eigenvalue weighted by molar-refractivity contribution is 6.31. The standard InChI is InChI=1S/C11H20ClN3/c1-4-6-9(13)7-10-11(12)8(3)14-15(10)5-2/h9H,4-7,13H2,1-3H3. The molecule has 15 heavy (non-hydrogen) atoms. The summed E-state index contributed by atoms with van der Waals surface area (Å²) in [5, 5.41) is 5.15. The van der Waals surface area contributed by atoms with Crippen molar-refractivity contribution in [1.82, 2.24) is 9.78 Å². The summed E-state index contributed by atoms with van der Waals surface area (Å²) in [6, 6.07) is 0.189. The zero-order valence-corrected chi connectivity index (χ0v) is 10.5. The molecule has 0 aliphatic heterocycles. The number of nitrogens with two attached hydrogens (primary N) is 1. The van der Waals surface area contributed by atoms with Crippen molar-refractivity contribution < 1.29 is 0 Å². The Morgan fingerprint density at radius 3 is 2.67 bits per heavy atom. The summed E-state index contributed by atoms with van der Waals surface area (Å²) in [7, 11) is 0. The van der Waals surface area contributed by atoms with Crippen LogP contribution >= 0.6 is 11.6 Å². The van der Waals surface area contributed by atoms with Gasteiger partial charge in [0.1, 0.15) is 0 Å². The number of hydrogen-bond donors (Lipinski definition) is 1. The number of halogens is 1. The van der Waals surface area contributed by atoms with Gasteiger partial charge in [-0.3, -0.25) is 4.68 Å². The van der Waals surface area contributed by atoms with Gasteiger partial charge < -0.3 is 5.73 Å². The smallest absolute Gasteiger partial charge is 0.0847 e. The Hall–Kier alpha value is -0.540. The second-order valence-electron chi connectivity index (χ2n) is 3.91. The van der Waals surface area contributed by atoms with Crippen LogP contribution in [0.2, 0.25) is 5.02 Å². The molecule has 0 saturated heterocycles. The van der Waals surface area contributed by atoms with Gasteiger partial charge in [-0.05, 0) is 20.3 Å². The normalized spacial score (nSPS) is 13.1. The first-order chi connectivity index (χ1) is 7.10. The van der Waals surface area contributed by atoms with Crippen LogP contribution in [0.3, 0.4) is 0 Å². The van der Waals surface area contributed by atoms with E-state index in [0.717, 1.165) is 42.2 Å². The topological polar surface area (TPSA) is 43.8 Å². The molecule has 0 aliphatic carbocycles. The lowest BCUT2D eigenvalue weighted by Crippen LogP contribution is -2.24. The summed E-state index contributed by atoms with van der Waals surface area (Å²) < 4.78 is 1.95. The molecule has 0 saturated carbocycles. The molecule has 1 atom stereocenters. The molecule has 86 valence electrons. The fourth-order valence-electron chi connectivity index (χ4n) is 1.79. The van der Waals surface area contributed by atoms with Crippen LogP contribution in [0, 0.1) is 6.92 Å². The lowest BCUT2D eigenvalue weighted by Gasteiger charge is -2.11. The highest BCUT2D eigenvalue weighted by Gasteiger charge is 2.14. The molecule has 3 nitrogen and oxygen atoms in total. The van der Waals surface area contributed by atoms with Gasteiger partial charge in [0.05, 0.1) is 16.4 Å². The quantitative estimate of drug-likeness (QED) is 0.844. The van der Waals surface area contributed by atoms with Crippen LogP contribution in [0.15, 0.2) is 0 Å². The van der Waals surface area contributed by atoms with Gasteiger partial charge in [0.15, 0.2) is 0 Å². The third kappa shape index (κ3) is 2.95. The summed E-state index contributed by atoms with van der Waals surface area (Å²) >= 11 is 6.20. The number of aryl methyl sites for hydroxylation is 2. The van der Waals surface area contributed by atoms with E-state index in [-0.39, 0.29) is 6.04 Å². The molecule has 4 heteroatoms. The van der Waals surface area contributed by atoms with Crippen molar-refractivity contribution >= 4 is 11.6 Å². The van der Waals surface area contributed by atoms with Gasteiger partial charge in [-0.25, -0.2) is 0 Å². The summed E-state index contributed by atoms with van der Waals surface area (Å²) in [5.74, 6) is 0. The van der Waals surface area contributed by atoms with Crippen molar-refractivity contribution in [3.63, 3.8) is 0 Å². The van der Waals surface area contributed by atoms with Crippen molar-refractivity contribution in [2.45, 2.75) is 52.6 Å².